The number of rotatable bonds is 4. The maximum absolute atomic E-state index is 9.55. The van der Waals surface area contributed by atoms with Crippen molar-refractivity contribution in [1.29, 1.82) is 0 Å². The van der Waals surface area contributed by atoms with Crippen LogP contribution in [0.2, 0.25) is 0 Å². The van der Waals surface area contributed by atoms with Crippen LogP contribution in [-0.2, 0) is 11.2 Å². The Morgan fingerprint density at radius 3 is 2.94 bits per heavy atom. The fourth-order valence-corrected chi connectivity index (χ4v) is 1.92. The number of ether oxygens (including phenoxy) is 1. The second kappa shape index (κ2) is 5.82. The summed E-state index contributed by atoms with van der Waals surface area (Å²) >= 11 is 0. The number of hydrogen-bond acceptors (Lipinski definition) is 4. The zero-order valence-electron chi connectivity index (χ0n) is 9.43. The second-order valence-electron chi connectivity index (χ2n) is 4.03. The molecule has 2 heterocycles. The molecule has 88 valence electrons. The van der Waals surface area contributed by atoms with E-state index in [-0.39, 0.29) is 0 Å². The minimum atomic E-state index is 0.310. The van der Waals surface area contributed by atoms with Crippen molar-refractivity contribution in [3.8, 4) is 5.75 Å². The molecule has 0 aliphatic carbocycles. The summed E-state index contributed by atoms with van der Waals surface area (Å²) in [4.78, 5) is 6.56. The third kappa shape index (κ3) is 3.18. The van der Waals surface area contributed by atoms with E-state index in [4.69, 9.17) is 4.74 Å². The van der Waals surface area contributed by atoms with E-state index in [2.05, 4.69) is 9.88 Å². The summed E-state index contributed by atoms with van der Waals surface area (Å²) in [6, 6.07) is 3.44. The highest BCUT2D eigenvalue weighted by atomic mass is 16.5. The molecule has 0 saturated carbocycles. The fourth-order valence-electron chi connectivity index (χ4n) is 1.92. The molecule has 0 radical (unpaired) electrons. The average molecular weight is 222 g/mol. The first kappa shape index (κ1) is 11.4. The highest BCUT2D eigenvalue weighted by Gasteiger charge is 2.10. The van der Waals surface area contributed by atoms with Crippen molar-refractivity contribution >= 4 is 0 Å². The van der Waals surface area contributed by atoms with Crippen LogP contribution in [-0.4, -0.2) is 47.8 Å². The van der Waals surface area contributed by atoms with E-state index in [1.807, 2.05) is 0 Å². The lowest BCUT2D eigenvalue weighted by Gasteiger charge is -2.26. The molecular formula is C12H18N2O2. The Kier molecular flexibility index (Phi) is 4.13. The van der Waals surface area contributed by atoms with Crippen molar-refractivity contribution in [2.45, 2.75) is 12.8 Å². The van der Waals surface area contributed by atoms with Crippen LogP contribution < -0.4 is 0 Å². The molecule has 0 amide bonds. The highest BCUT2D eigenvalue weighted by Crippen LogP contribution is 2.14. The molecule has 1 saturated heterocycles. The van der Waals surface area contributed by atoms with Gasteiger partial charge in [0.2, 0.25) is 0 Å². The quantitative estimate of drug-likeness (QED) is 0.827. The van der Waals surface area contributed by atoms with E-state index >= 15 is 0 Å². The summed E-state index contributed by atoms with van der Waals surface area (Å²) in [6.45, 7) is 4.78. The molecule has 0 bridgehead atoms. The van der Waals surface area contributed by atoms with Gasteiger partial charge in [0.15, 0.2) is 0 Å². The van der Waals surface area contributed by atoms with Crippen molar-refractivity contribution < 1.29 is 9.84 Å². The van der Waals surface area contributed by atoms with Crippen LogP contribution in [0.3, 0.4) is 0 Å². The van der Waals surface area contributed by atoms with Gasteiger partial charge in [-0.05, 0) is 31.5 Å². The van der Waals surface area contributed by atoms with Crippen LogP contribution in [0.1, 0.15) is 12.1 Å². The lowest BCUT2D eigenvalue weighted by molar-refractivity contribution is 0.0374. The van der Waals surface area contributed by atoms with E-state index in [0.717, 1.165) is 51.4 Å². The number of aromatic hydroxyl groups is 1. The summed E-state index contributed by atoms with van der Waals surface area (Å²) < 4.78 is 5.29. The van der Waals surface area contributed by atoms with Gasteiger partial charge in [0.1, 0.15) is 5.75 Å². The molecular weight excluding hydrogens is 204 g/mol. The Morgan fingerprint density at radius 1 is 1.38 bits per heavy atom. The molecule has 1 aliphatic heterocycles. The largest absolute Gasteiger partial charge is 0.506 e. The number of nitrogens with zero attached hydrogens (tertiary/aromatic N) is 2. The van der Waals surface area contributed by atoms with Gasteiger partial charge in [-0.15, -0.1) is 0 Å². The van der Waals surface area contributed by atoms with Crippen LogP contribution in [0.4, 0.5) is 0 Å². The molecule has 16 heavy (non-hydrogen) atoms. The molecule has 4 heteroatoms. The molecule has 1 fully saturated rings. The van der Waals surface area contributed by atoms with Gasteiger partial charge < -0.3 is 9.84 Å². The molecule has 1 aliphatic rings. The van der Waals surface area contributed by atoms with Gasteiger partial charge in [0.05, 0.1) is 18.9 Å². The molecule has 0 unspecified atom stereocenters. The van der Waals surface area contributed by atoms with E-state index in [0.29, 0.717) is 5.75 Å². The molecule has 1 aromatic heterocycles. The number of morpholine rings is 1. The molecule has 1 aromatic rings. The zero-order chi connectivity index (χ0) is 11.2. The zero-order valence-corrected chi connectivity index (χ0v) is 9.43. The van der Waals surface area contributed by atoms with Gasteiger partial charge in [0, 0.05) is 19.3 Å². The fraction of sp³-hybridized carbons (Fsp3) is 0.583. The summed E-state index contributed by atoms with van der Waals surface area (Å²) in [6.07, 6.45) is 3.60. The summed E-state index contributed by atoms with van der Waals surface area (Å²) in [5.74, 6) is 0.310. The Bertz CT molecular complexity index is 325. The maximum Gasteiger partial charge on any atom is 0.137 e. The topological polar surface area (TPSA) is 45.6 Å². The van der Waals surface area contributed by atoms with Gasteiger partial charge in [-0.25, -0.2) is 0 Å². The van der Waals surface area contributed by atoms with E-state index in [1.165, 1.54) is 0 Å². The lowest BCUT2D eigenvalue weighted by atomic mass is 10.2. The smallest absolute Gasteiger partial charge is 0.137 e. The molecule has 0 spiro atoms. The first-order chi connectivity index (χ1) is 7.86. The van der Waals surface area contributed by atoms with E-state index < -0.39 is 0 Å². The number of pyridine rings is 1. The van der Waals surface area contributed by atoms with Gasteiger partial charge in [-0.2, -0.15) is 0 Å². The first-order valence-electron chi connectivity index (χ1n) is 5.79. The van der Waals surface area contributed by atoms with Crippen molar-refractivity contribution in [1.82, 2.24) is 9.88 Å². The Labute approximate surface area is 95.9 Å². The Balaban J connectivity index is 1.73. The third-order valence-electron chi connectivity index (χ3n) is 2.86. The molecule has 1 N–H and O–H groups in total. The van der Waals surface area contributed by atoms with Crippen molar-refractivity contribution in [2.24, 2.45) is 0 Å². The van der Waals surface area contributed by atoms with Gasteiger partial charge >= 0.3 is 0 Å². The molecule has 0 atom stereocenters. The standard InChI is InChI=1S/C12H18N2O2/c15-12-4-1-5-13-11(12)3-2-6-14-7-9-16-10-8-14/h1,4-5,15H,2-3,6-10H2. The minimum Gasteiger partial charge on any atom is -0.506 e. The lowest BCUT2D eigenvalue weighted by Crippen LogP contribution is -2.36. The van der Waals surface area contributed by atoms with Crippen LogP contribution in [0.15, 0.2) is 18.3 Å². The van der Waals surface area contributed by atoms with Gasteiger partial charge in [-0.1, -0.05) is 0 Å². The highest BCUT2D eigenvalue weighted by molar-refractivity contribution is 5.24. The minimum absolute atomic E-state index is 0.310. The Morgan fingerprint density at radius 2 is 2.19 bits per heavy atom. The summed E-state index contributed by atoms with van der Waals surface area (Å²) in [5, 5.41) is 9.55. The molecule has 4 nitrogen and oxygen atoms in total. The normalized spacial score (nSPS) is 17.5. The van der Waals surface area contributed by atoms with Crippen molar-refractivity contribution in [2.75, 3.05) is 32.8 Å². The van der Waals surface area contributed by atoms with Gasteiger partial charge in [0.25, 0.3) is 0 Å². The SMILES string of the molecule is Oc1cccnc1CCCN1CCOCC1. The molecule has 2 rings (SSSR count). The van der Waals surface area contributed by atoms with E-state index in [1.54, 1.807) is 18.3 Å². The number of hydrogen-bond donors (Lipinski definition) is 1. The first-order valence-corrected chi connectivity index (χ1v) is 5.79. The number of aryl methyl sites for hydroxylation is 1. The second-order valence-corrected chi connectivity index (χ2v) is 4.03. The van der Waals surface area contributed by atoms with Crippen molar-refractivity contribution in [3.05, 3.63) is 24.0 Å². The van der Waals surface area contributed by atoms with E-state index in [9.17, 15) is 5.11 Å². The monoisotopic (exact) mass is 222 g/mol. The predicted molar refractivity (Wildman–Crippen MR) is 61.5 cm³/mol. The van der Waals surface area contributed by atoms with Crippen molar-refractivity contribution in [3.63, 3.8) is 0 Å². The third-order valence-corrected chi connectivity index (χ3v) is 2.86. The van der Waals surface area contributed by atoms with Crippen LogP contribution >= 0.6 is 0 Å². The maximum atomic E-state index is 9.55. The number of aromatic nitrogens is 1. The van der Waals surface area contributed by atoms with Crippen LogP contribution in [0.25, 0.3) is 0 Å². The predicted octanol–water partition coefficient (Wildman–Crippen LogP) is 1.05. The Hall–Kier alpha value is -1.13. The van der Waals surface area contributed by atoms with Crippen LogP contribution in [0.5, 0.6) is 5.75 Å². The summed E-state index contributed by atoms with van der Waals surface area (Å²) in [7, 11) is 0. The summed E-state index contributed by atoms with van der Waals surface area (Å²) in [5.41, 5.74) is 0.802. The van der Waals surface area contributed by atoms with Gasteiger partial charge in [-0.3, -0.25) is 9.88 Å². The molecule has 0 aromatic carbocycles. The average Bonchev–Trinajstić information content (AvgIpc) is 2.33. The van der Waals surface area contributed by atoms with Crippen LogP contribution in [0, 0.1) is 0 Å².